The van der Waals surface area contributed by atoms with Crippen LogP contribution in [0, 0.1) is 0 Å². The van der Waals surface area contributed by atoms with Crippen LogP contribution in [0.25, 0.3) is 5.69 Å². The monoisotopic (exact) mass is 288 g/mol. The van der Waals surface area contributed by atoms with Crippen molar-refractivity contribution >= 4 is 0 Å². The van der Waals surface area contributed by atoms with Gasteiger partial charge in [0.1, 0.15) is 0 Å². The third-order valence-electron chi connectivity index (χ3n) is 3.18. The third-order valence-corrected chi connectivity index (χ3v) is 3.18. The van der Waals surface area contributed by atoms with E-state index in [1.54, 1.807) is 7.11 Å². The lowest BCUT2D eigenvalue weighted by Gasteiger charge is -2.05. The van der Waals surface area contributed by atoms with Crippen molar-refractivity contribution < 1.29 is 4.74 Å². The molecule has 0 spiro atoms. The zero-order valence-corrected chi connectivity index (χ0v) is 12.6. The van der Waals surface area contributed by atoms with Crippen molar-refractivity contribution in [3.8, 4) is 5.69 Å². The Kier molecular flexibility index (Phi) is 6.94. The molecule has 2 aromatic rings. The molecule has 0 unspecified atom stereocenters. The van der Waals surface area contributed by atoms with Gasteiger partial charge in [0.15, 0.2) is 0 Å². The van der Waals surface area contributed by atoms with Gasteiger partial charge >= 0.3 is 0 Å². The Morgan fingerprint density at radius 3 is 2.71 bits per heavy atom. The van der Waals surface area contributed by atoms with Gasteiger partial charge in [0.05, 0.1) is 18.5 Å². The molecule has 1 aromatic heterocycles. The fourth-order valence-corrected chi connectivity index (χ4v) is 2.04. The van der Waals surface area contributed by atoms with E-state index in [9.17, 15) is 0 Å². The lowest BCUT2D eigenvalue weighted by Crippen LogP contribution is -2.24. The molecule has 0 amide bonds. The van der Waals surface area contributed by atoms with Crippen LogP contribution in [0.4, 0.5) is 0 Å². The summed E-state index contributed by atoms with van der Waals surface area (Å²) in [6.07, 6.45) is 5.09. The first kappa shape index (κ1) is 15.7. The van der Waals surface area contributed by atoms with E-state index in [-0.39, 0.29) is 0 Å². The molecule has 2 N–H and O–H groups in total. The molecule has 0 fully saturated rings. The molecule has 0 aliphatic carbocycles. The van der Waals surface area contributed by atoms with Gasteiger partial charge in [0, 0.05) is 32.0 Å². The molecule has 0 atom stereocenters. The zero-order valence-electron chi connectivity index (χ0n) is 12.6. The molecule has 1 heterocycles. The smallest absolute Gasteiger partial charge is 0.0645 e. The van der Waals surface area contributed by atoms with Crippen molar-refractivity contribution in [1.82, 2.24) is 20.4 Å². The standard InChI is InChI=1S/C16H24N4O/c1-21-11-10-17-8-5-9-18-12-15-13-19-20(14-15)16-6-3-2-4-7-16/h2-4,6-7,13-14,17-18H,5,8-12H2,1H3. The van der Waals surface area contributed by atoms with Gasteiger partial charge in [-0.1, -0.05) is 18.2 Å². The summed E-state index contributed by atoms with van der Waals surface area (Å²) in [5.41, 5.74) is 2.29. The van der Waals surface area contributed by atoms with Crippen LogP contribution in [0.2, 0.25) is 0 Å². The highest BCUT2D eigenvalue weighted by atomic mass is 16.5. The Morgan fingerprint density at radius 1 is 1.10 bits per heavy atom. The average Bonchev–Trinajstić information content (AvgIpc) is 3.00. The second-order valence-electron chi connectivity index (χ2n) is 4.90. The maximum absolute atomic E-state index is 4.98. The van der Waals surface area contributed by atoms with Gasteiger partial charge in [-0.05, 0) is 31.6 Å². The number of nitrogens with zero attached hydrogens (tertiary/aromatic N) is 2. The van der Waals surface area contributed by atoms with Gasteiger partial charge in [0.25, 0.3) is 0 Å². The highest BCUT2D eigenvalue weighted by Gasteiger charge is 2.00. The van der Waals surface area contributed by atoms with E-state index in [1.807, 2.05) is 29.1 Å². The number of para-hydroxylation sites is 1. The molecule has 0 aliphatic rings. The summed E-state index contributed by atoms with van der Waals surface area (Å²) in [4.78, 5) is 0. The van der Waals surface area contributed by atoms with Crippen LogP contribution in [-0.4, -0.2) is 43.1 Å². The van der Waals surface area contributed by atoms with Crippen molar-refractivity contribution in [2.45, 2.75) is 13.0 Å². The molecule has 0 saturated carbocycles. The molecule has 0 radical (unpaired) electrons. The Balaban J connectivity index is 1.63. The first-order valence-corrected chi connectivity index (χ1v) is 7.39. The highest BCUT2D eigenvalue weighted by molar-refractivity contribution is 5.30. The van der Waals surface area contributed by atoms with Crippen molar-refractivity contribution in [3.05, 3.63) is 48.3 Å². The summed E-state index contributed by atoms with van der Waals surface area (Å²) < 4.78 is 6.88. The minimum absolute atomic E-state index is 0.770. The Hall–Kier alpha value is -1.69. The molecular formula is C16H24N4O. The van der Waals surface area contributed by atoms with Gasteiger partial charge < -0.3 is 15.4 Å². The van der Waals surface area contributed by atoms with Gasteiger partial charge in [-0.25, -0.2) is 4.68 Å². The quantitative estimate of drug-likeness (QED) is 0.652. The Labute approximate surface area is 126 Å². The summed E-state index contributed by atoms with van der Waals surface area (Å²) >= 11 is 0. The van der Waals surface area contributed by atoms with E-state index >= 15 is 0 Å². The summed E-state index contributed by atoms with van der Waals surface area (Å²) in [5, 5.41) is 11.1. The highest BCUT2D eigenvalue weighted by Crippen LogP contribution is 2.07. The number of benzene rings is 1. The van der Waals surface area contributed by atoms with Gasteiger partial charge in [-0.15, -0.1) is 0 Å². The van der Waals surface area contributed by atoms with E-state index in [0.29, 0.717) is 0 Å². The molecule has 21 heavy (non-hydrogen) atoms. The maximum atomic E-state index is 4.98. The number of methoxy groups -OCH3 is 1. The molecule has 1 aromatic carbocycles. The van der Waals surface area contributed by atoms with Crippen LogP contribution >= 0.6 is 0 Å². The van der Waals surface area contributed by atoms with Crippen LogP contribution in [-0.2, 0) is 11.3 Å². The molecule has 0 saturated heterocycles. The van der Waals surface area contributed by atoms with E-state index < -0.39 is 0 Å². The minimum Gasteiger partial charge on any atom is -0.383 e. The number of hydrogen-bond acceptors (Lipinski definition) is 4. The number of aromatic nitrogens is 2. The molecular weight excluding hydrogens is 264 g/mol. The number of ether oxygens (including phenoxy) is 1. The van der Waals surface area contributed by atoms with E-state index in [4.69, 9.17) is 4.74 Å². The largest absolute Gasteiger partial charge is 0.383 e. The van der Waals surface area contributed by atoms with Crippen LogP contribution in [0.3, 0.4) is 0 Å². The summed E-state index contributed by atoms with van der Waals surface area (Å²) in [7, 11) is 1.72. The second kappa shape index (κ2) is 9.28. The summed E-state index contributed by atoms with van der Waals surface area (Å²) in [6, 6.07) is 10.2. The molecule has 114 valence electrons. The van der Waals surface area contributed by atoms with Crippen LogP contribution in [0.5, 0.6) is 0 Å². The fourth-order valence-electron chi connectivity index (χ4n) is 2.04. The Morgan fingerprint density at radius 2 is 1.90 bits per heavy atom. The third kappa shape index (κ3) is 5.67. The first-order chi connectivity index (χ1) is 10.4. The summed E-state index contributed by atoms with van der Waals surface area (Å²) in [6.45, 7) is 4.55. The van der Waals surface area contributed by atoms with Crippen LogP contribution < -0.4 is 10.6 Å². The van der Waals surface area contributed by atoms with E-state index in [2.05, 4.69) is 34.1 Å². The van der Waals surface area contributed by atoms with Crippen molar-refractivity contribution in [1.29, 1.82) is 0 Å². The molecule has 5 heteroatoms. The molecule has 0 aliphatic heterocycles. The fraction of sp³-hybridized carbons (Fsp3) is 0.438. The number of hydrogen-bond donors (Lipinski definition) is 2. The predicted octanol–water partition coefficient (Wildman–Crippen LogP) is 1.59. The summed E-state index contributed by atoms with van der Waals surface area (Å²) in [5.74, 6) is 0. The topological polar surface area (TPSA) is 51.1 Å². The molecule has 2 rings (SSSR count). The normalized spacial score (nSPS) is 10.9. The molecule has 5 nitrogen and oxygen atoms in total. The number of rotatable bonds is 10. The second-order valence-corrected chi connectivity index (χ2v) is 4.90. The Bertz CT molecular complexity index is 498. The minimum atomic E-state index is 0.770. The van der Waals surface area contributed by atoms with Crippen molar-refractivity contribution in [2.24, 2.45) is 0 Å². The molecule has 0 bridgehead atoms. The lowest BCUT2D eigenvalue weighted by atomic mass is 10.3. The van der Waals surface area contributed by atoms with E-state index in [0.717, 1.165) is 44.9 Å². The first-order valence-electron chi connectivity index (χ1n) is 7.39. The van der Waals surface area contributed by atoms with E-state index in [1.165, 1.54) is 5.56 Å². The van der Waals surface area contributed by atoms with Crippen LogP contribution in [0.15, 0.2) is 42.7 Å². The number of nitrogens with one attached hydrogen (secondary N) is 2. The van der Waals surface area contributed by atoms with Gasteiger partial charge in [-0.2, -0.15) is 5.10 Å². The maximum Gasteiger partial charge on any atom is 0.0645 e. The lowest BCUT2D eigenvalue weighted by molar-refractivity contribution is 0.199. The predicted molar refractivity (Wildman–Crippen MR) is 84.6 cm³/mol. The van der Waals surface area contributed by atoms with Crippen molar-refractivity contribution in [2.75, 3.05) is 33.4 Å². The zero-order chi connectivity index (χ0) is 14.8. The van der Waals surface area contributed by atoms with Crippen molar-refractivity contribution in [3.63, 3.8) is 0 Å². The van der Waals surface area contributed by atoms with Gasteiger partial charge in [-0.3, -0.25) is 0 Å². The SMILES string of the molecule is COCCNCCCNCc1cnn(-c2ccccc2)c1. The average molecular weight is 288 g/mol. The van der Waals surface area contributed by atoms with Crippen LogP contribution in [0.1, 0.15) is 12.0 Å². The van der Waals surface area contributed by atoms with Gasteiger partial charge in [0.2, 0.25) is 0 Å².